The number of benzene rings is 1. The smallest absolute Gasteiger partial charge is 0.0159 e. The van der Waals surface area contributed by atoms with Gasteiger partial charge in [-0.05, 0) is 79.4 Å². The Balaban J connectivity index is 1.73. The monoisotopic (exact) mass is 312 g/mol. The third-order valence-electron chi connectivity index (χ3n) is 6.61. The van der Waals surface area contributed by atoms with Crippen LogP contribution in [0.25, 0.3) is 0 Å². The molecule has 0 spiro atoms. The highest BCUT2D eigenvalue weighted by Gasteiger charge is 2.24. The highest BCUT2D eigenvalue weighted by Crippen LogP contribution is 2.40. The molecule has 0 atom stereocenters. The summed E-state index contributed by atoms with van der Waals surface area (Å²) in [7, 11) is 0. The van der Waals surface area contributed by atoms with E-state index in [1.807, 2.05) is 0 Å². The molecular formula is C23H36. The van der Waals surface area contributed by atoms with Crippen LogP contribution in [-0.4, -0.2) is 0 Å². The topological polar surface area (TPSA) is 0 Å². The molecule has 0 heterocycles. The van der Waals surface area contributed by atoms with Gasteiger partial charge in [0.25, 0.3) is 0 Å². The zero-order chi connectivity index (χ0) is 16.1. The second-order valence-electron chi connectivity index (χ2n) is 8.15. The quantitative estimate of drug-likeness (QED) is 0.532. The third kappa shape index (κ3) is 4.20. The normalized spacial score (nSPS) is 26.3. The molecule has 2 fully saturated rings. The summed E-state index contributed by atoms with van der Waals surface area (Å²) >= 11 is 0. The molecule has 0 amide bonds. The van der Waals surface area contributed by atoms with Gasteiger partial charge in [0.2, 0.25) is 0 Å². The van der Waals surface area contributed by atoms with Crippen LogP contribution in [-0.2, 0) is 6.42 Å². The minimum atomic E-state index is 0.844. The van der Waals surface area contributed by atoms with Gasteiger partial charge in [-0.15, -0.1) is 0 Å². The van der Waals surface area contributed by atoms with Gasteiger partial charge in [-0.1, -0.05) is 64.2 Å². The van der Waals surface area contributed by atoms with Crippen LogP contribution in [0.3, 0.4) is 0 Å². The van der Waals surface area contributed by atoms with Gasteiger partial charge in [-0.25, -0.2) is 0 Å². The van der Waals surface area contributed by atoms with E-state index in [9.17, 15) is 0 Å². The molecule has 1 aromatic rings. The standard InChI is InChI=1S/C23H36/c1-3-8-18-11-13-20(14-12-18)22-16-15-19(4-2)23(17-22)21-9-6-5-7-10-21/h15-18,20-21H,3-14H2,1-2H3. The zero-order valence-electron chi connectivity index (χ0n) is 15.4. The lowest BCUT2D eigenvalue weighted by Gasteiger charge is -2.30. The van der Waals surface area contributed by atoms with E-state index in [-0.39, 0.29) is 0 Å². The summed E-state index contributed by atoms with van der Waals surface area (Å²) in [5.74, 6) is 2.72. The first kappa shape index (κ1) is 17.1. The lowest BCUT2D eigenvalue weighted by atomic mass is 9.75. The Morgan fingerprint density at radius 2 is 1.57 bits per heavy atom. The largest absolute Gasteiger partial charge is 0.0654 e. The predicted molar refractivity (Wildman–Crippen MR) is 101 cm³/mol. The van der Waals surface area contributed by atoms with Crippen molar-refractivity contribution in [2.75, 3.05) is 0 Å². The van der Waals surface area contributed by atoms with E-state index in [2.05, 4.69) is 32.0 Å². The molecule has 0 heteroatoms. The summed E-state index contributed by atoms with van der Waals surface area (Å²) in [4.78, 5) is 0. The van der Waals surface area contributed by atoms with Crippen molar-refractivity contribution in [3.05, 3.63) is 34.9 Å². The molecule has 2 aliphatic rings. The minimum Gasteiger partial charge on any atom is -0.0654 e. The fourth-order valence-electron chi connectivity index (χ4n) is 5.18. The molecule has 128 valence electrons. The van der Waals surface area contributed by atoms with E-state index in [1.165, 1.54) is 77.0 Å². The maximum Gasteiger partial charge on any atom is -0.0159 e. The Kier molecular flexibility index (Phi) is 6.20. The lowest BCUT2D eigenvalue weighted by molar-refractivity contribution is 0.308. The van der Waals surface area contributed by atoms with Crippen molar-refractivity contribution >= 4 is 0 Å². The molecule has 3 rings (SSSR count). The fraction of sp³-hybridized carbons (Fsp3) is 0.739. The van der Waals surface area contributed by atoms with Gasteiger partial charge in [0, 0.05) is 0 Å². The molecule has 0 nitrogen and oxygen atoms in total. The Bertz CT molecular complexity index is 473. The predicted octanol–water partition coefficient (Wildman–Crippen LogP) is 7.37. The van der Waals surface area contributed by atoms with Crippen molar-refractivity contribution in [1.82, 2.24) is 0 Å². The summed E-state index contributed by atoms with van der Waals surface area (Å²) in [5.41, 5.74) is 5.01. The molecule has 2 saturated carbocycles. The van der Waals surface area contributed by atoms with Gasteiger partial charge in [-0.3, -0.25) is 0 Å². The average molecular weight is 313 g/mol. The lowest BCUT2D eigenvalue weighted by Crippen LogP contribution is -2.14. The van der Waals surface area contributed by atoms with Crippen LogP contribution in [0.1, 0.15) is 113 Å². The molecule has 0 aromatic heterocycles. The summed E-state index contributed by atoms with van der Waals surface area (Å²) < 4.78 is 0. The van der Waals surface area contributed by atoms with Gasteiger partial charge < -0.3 is 0 Å². The van der Waals surface area contributed by atoms with Crippen molar-refractivity contribution in [2.24, 2.45) is 5.92 Å². The maximum absolute atomic E-state index is 2.64. The molecule has 1 aromatic carbocycles. The first-order valence-electron chi connectivity index (χ1n) is 10.4. The highest BCUT2D eigenvalue weighted by atomic mass is 14.3. The third-order valence-corrected chi connectivity index (χ3v) is 6.61. The van der Waals surface area contributed by atoms with Gasteiger partial charge in [0.15, 0.2) is 0 Å². The zero-order valence-corrected chi connectivity index (χ0v) is 15.4. The van der Waals surface area contributed by atoms with Crippen molar-refractivity contribution in [2.45, 2.75) is 103 Å². The molecule has 0 radical (unpaired) electrons. The molecule has 0 unspecified atom stereocenters. The molecular weight excluding hydrogens is 276 g/mol. The van der Waals surface area contributed by atoms with Crippen LogP contribution < -0.4 is 0 Å². The summed E-state index contributed by atoms with van der Waals surface area (Å²) in [6.07, 6.45) is 17.0. The number of hydrogen-bond acceptors (Lipinski definition) is 0. The second kappa shape index (κ2) is 8.36. The minimum absolute atomic E-state index is 0.844. The summed E-state index contributed by atoms with van der Waals surface area (Å²) in [5, 5.41) is 0. The molecule has 0 aliphatic heterocycles. The highest BCUT2D eigenvalue weighted by molar-refractivity contribution is 5.37. The SMILES string of the molecule is CCCC1CCC(c2ccc(CC)c(C3CCCCC3)c2)CC1. The first-order chi connectivity index (χ1) is 11.3. The number of hydrogen-bond donors (Lipinski definition) is 0. The van der Waals surface area contributed by atoms with E-state index in [1.54, 1.807) is 16.7 Å². The van der Waals surface area contributed by atoms with Crippen molar-refractivity contribution in [3.63, 3.8) is 0 Å². The Morgan fingerprint density at radius 3 is 2.22 bits per heavy atom. The van der Waals surface area contributed by atoms with Gasteiger partial charge in [-0.2, -0.15) is 0 Å². The number of aryl methyl sites for hydroxylation is 1. The Morgan fingerprint density at radius 1 is 0.826 bits per heavy atom. The van der Waals surface area contributed by atoms with E-state index in [0.29, 0.717) is 0 Å². The molecule has 23 heavy (non-hydrogen) atoms. The van der Waals surface area contributed by atoms with Crippen LogP contribution >= 0.6 is 0 Å². The molecule has 0 N–H and O–H groups in total. The molecule has 0 saturated heterocycles. The van der Waals surface area contributed by atoms with E-state index in [0.717, 1.165) is 17.8 Å². The van der Waals surface area contributed by atoms with Crippen molar-refractivity contribution < 1.29 is 0 Å². The van der Waals surface area contributed by atoms with Crippen molar-refractivity contribution in [1.29, 1.82) is 0 Å². The first-order valence-corrected chi connectivity index (χ1v) is 10.4. The van der Waals surface area contributed by atoms with Gasteiger partial charge >= 0.3 is 0 Å². The van der Waals surface area contributed by atoms with Crippen LogP contribution in [0.2, 0.25) is 0 Å². The van der Waals surface area contributed by atoms with Crippen LogP contribution in [0.5, 0.6) is 0 Å². The van der Waals surface area contributed by atoms with Gasteiger partial charge in [0.05, 0.1) is 0 Å². The molecule has 2 aliphatic carbocycles. The molecule has 0 bridgehead atoms. The summed E-state index contributed by atoms with van der Waals surface area (Å²) in [6.45, 7) is 4.67. The second-order valence-corrected chi connectivity index (χ2v) is 8.15. The number of rotatable bonds is 5. The van der Waals surface area contributed by atoms with E-state index < -0.39 is 0 Å². The van der Waals surface area contributed by atoms with Gasteiger partial charge in [0.1, 0.15) is 0 Å². The average Bonchev–Trinajstić information content (AvgIpc) is 2.63. The van der Waals surface area contributed by atoms with E-state index in [4.69, 9.17) is 0 Å². The van der Waals surface area contributed by atoms with Crippen LogP contribution in [0.15, 0.2) is 18.2 Å². The Hall–Kier alpha value is -0.780. The fourth-order valence-corrected chi connectivity index (χ4v) is 5.18. The van der Waals surface area contributed by atoms with Crippen LogP contribution in [0, 0.1) is 5.92 Å². The summed E-state index contributed by atoms with van der Waals surface area (Å²) in [6, 6.07) is 7.58. The van der Waals surface area contributed by atoms with Crippen molar-refractivity contribution in [3.8, 4) is 0 Å². The van der Waals surface area contributed by atoms with E-state index >= 15 is 0 Å². The maximum atomic E-state index is 2.64. The van der Waals surface area contributed by atoms with Crippen LogP contribution in [0.4, 0.5) is 0 Å². The Labute approximate surface area is 144 Å².